The molecule has 0 aliphatic rings. The summed E-state index contributed by atoms with van der Waals surface area (Å²) in [5, 5.41) is 0. The number of hydrogen-bond donors (Lipinski definition) is 2. The van der Waals surface area contributed by atoms with Crippen molar-refractivity contribution in [2.45, 2.75) is 11.1 Å². The molecule has 3 N–H and O–H groups in total. The summed E-state index contributed by atoms with van der Waals surface area (Å²) in [5.41, 5.74) is 4.66. The number of rotatable bonds is 1. The van der Waals surface area contributed by atoms with E-state index in [0.29, 0.717) is 0 Å². The molecule has 0 unspecified atom stereocenters. The SMILES string of the molecule is CSc1c(N)c[nH]c1C(F)(F)F. The van der Waals surface area contributed by atoms with E-state index < -0.39 is 11.9 Å². The second kappa shape index (κ2) is 2.93. The third kappa shape index (κ3) is 1.52. The molecule has 0 aliphatic heterocycles. The van der Waals surface area contributed by atoms with E-state index in [4.69, 9.17) is 5.73 Å². The number of H-pyrrole nitrogens is 1. The molecule has 0 radical (unpaired) electrons. The second-order valence-corrected chi connectivity index (χ2v) is 2.97. The average Bonchev–Trinajstić information content (AvgIpc) is 2.29. The summed E-state index contributed by atoms with van der Waals surface area (Å²) in [6.45, 7) is 0. The van der Waals surface area contributed by atoms with Crippen LogP contribution < -0.4 is 5.73 Å². The molecule has 68 valence electrons. The van der Waals surface area contributed by atoms with Crippen LogP contribution in [0.15, 0.2) is 11.1 Å². The standard InChI is InChI=1S/C6H7F3N2S/c1-12-4-3(10)2-11-5(4)6(7,8)9/h2,11H,10H2,1H3. The molecule has 6 heteroatoms. The van der Waals surface area contributed by atoms with E-state index in [9.17, 15) is 13.2 Å². The van der Waals surface area contributed by atoms with E-state index >= 15 is 0 Å². The molecule has 0 spiro atoms. The van der Waals surface area contributed by atoms with Gasteiger partial charge >= 0.3 is 6.18 Å². The maximum absolute atomic E-state index is 12.1. The van der Waals surface area contributed by atoms with Gasteiger partial charge in [-0.1, -0.05) is 0 Å². The fraction of sp³-hybridized carbons (Fsp3) is 0.333. The fourth-order valence-electron chi connectivity index (χ4n) is 0.856. The zero-order chi connectivity index (χ0) is 9.35. The quantitative estimate of drug-likeness (QED) is 0.677. The van der Waals surface area contributed by atoms with Crippen molar-refractivity contribution in [2.24, 2.45) is 0 Å². The third-order valence-corrected chi connectivity index (χ3v) is 2.20. The van der Waals surface area contributed by atoms with E-state index in [-0.39, 0.29) is 10.6 Å². The number of nitrogen functional groups attached to an aromatic ring is 1. The van der Waals surface area contributed by atoms with E-state index in [0.717, 1.165) is 18.0 Å². The minimum Gasteiger partial charge on any atom is -0.397 e. The van der Waals surface area contributed by atoms with Crippen LogP contribution in [0.4, 0.5) is 18.9 Å². The molecule has 0 amide bonds. The highest BCUT2D eigenvalue weighted by atomic mass is 32.2. The highest BCUT2D eigenvalue weighted by Gasteiger charge is 2.35. The normalized spacial score (nSPS) is 12.0. The van der Waals surface area contributed by atoms with Crippen LogP contribution >= 0.6 is 11.8 Å². The van der Waals surface area contributed by atoms with Crippen LogP contribution in [-0.4, -0.2) is 11.2 Å². The summed E-state index contributed by atoms with van der Waals surface area (Å²) in [6.07, 6.45) is -1.65. The summed E-state index contributed by atoms with van der Waals surface area (Å²) < 4.78 is 36.4. The molecular weight excluding hydrogens is 189 g/mol. The van der Waals surface area contributed by atoms with E-state index in [1.807, 2.05) is 0 Å². The van der Waals surface area contributed by atoms with Gasteiger partial charge in [0.2, 0.25) is 0 Å². The molecule has 0 saturated heterocycles. The Hall–Kier alpha value is -0.780. The molecule has 0 atom stereocenters. The lowest BCUT2D eigenvalue weighted by molar-refractivity contribution is -0.142. The Bertz CT molecular complexity index is 279. The Morgan fingerprint density at radius 1 is 1.50 bits per heavy atom. The monoisotopic (exact) mass is 196 g/mol. The number of aromatic amines is 1. The fourth-order valence-corrected chi connectivity index (χ4v) is 1.53. The molecule has 0 saturated carbocycles. The first-order valence-corrected chi connectivity index (χ1v) is 4.27. The predicted octanol–water partition coefficient (Wildman–Crippen LogP) is 2.34. The highest BCUT2D eigenvalue weighted by Crippen LogP contribution is 2.37. The zero-order valence-corrected chi connectivity index (χ0v) is 7.01. The molecule has 0 bridgehead atoms. The Morgan fingerprint density at radius 3 is 2.42 bits per heavy atom. The first kappa shape index (κ1) is 9.31. The summed E-state index contributed by atoms with van der Waals surface area (Å²) >= 11 is 0.979. The van der Waals surface area contributed by atoms with Gasteiger partial charge < -0.3 is 10.7 Å². The summed E-state index contributed by atoms with van der Waals surface area (Å²) in [5.74, 6) is 0. The zero-order valence-electron chi connectivity index (χ0n) is 6.20. The van der Waals surface area contributed by atoms with Gasteiger partial charge in [-0.25, -0.2) is 0 Å². The Kier molecular flexibility index (Phi) is 2.27. The summed E-state index contributed by atoms with van der Waals surface area (Å²) in [4.78, 5) is 2.15. The smallest absolute Gasteiger partial charge is 0.397 e. The molecular formula is C6H7F3N2S. The number of anilines is 1. The minimum atomic E-state index is -4.35. The lowest BCUT2D eigenvalue weighted by Crippen LogP contribution is -2.06. The van der Waals surface area contributed by atoms with Crippen molar-refractivity contribution < 1.29 is 13.2 Å². The number of thioether (sulfide) groups is 1. The molecule has 0 aliphatic carbocycles. The van der Waals surface area contributed by atoms with Crippen molar-refractivity contribution in [1.29, 1.82) is 0 Å². The average molecular weight is 196 g/mol. The molecule has 12 heavy (non-hydrogen) atoms. The van der Waals surface area contributed by atoms with Gasteiger partial charge in [0.1, 0.15) is 5.69 Å². The van der Waals surface area contributed by atoms with Gasteiger partial charge in [0.15, 0.2) is 0 Å². The summed E-state index contributed by atoms with van der Waals surface area (Å²) in [7, 11) is 0. The first-order chi connectivity index (χ1) is 5.46. The molecule has 0 fully saturated rings. The van der Waals surface area contributed by atoms with Gasteiger partial charge in [-0.05, 0) is 6.26 Å². The molecule has 1 heterocycles. The lowest BCUT2D eigenvalue weighted by atomic mass is 10.4. The van der Waals surface area contributed by atoms with Crippen molar-refractivity contribution in [1.82, 2.24) is 4.98 Å². The van der Waals surface area contributed by atoms with Crippen LogP contribution in [0, 0.1) is 0 Å². The second-order valence-electron chi connectivity index (χ2n) is 2.15. The van der Waals surface area contributed by atoms with E-state index in [1.54, 1.807) is 6.26 Å². The van der Waals surface area contributed by atoms with Crippen LogP contribution in [0.2, 0.25) is 0 Å². The van der Waals surface area contributed by atoms with Crippen molar-refractivity contribution in [3.63, 3.8) is 0 Å². The van der Waals surface area contributed by atoms with Gasteiger partial charge in [-0.15, -0.1) is 11.8 Å². The van der Waals surface area contributed by atoms with E-state index in [2.05, 4.69) is 4.98 Å². The first-order valence-electron chi connectivity index (χ1n) is 3.05. The largest absolute Gasteiger partial charge is 0.432 e. The van der Waals surface area contributed by atoms with Crippen LogP contribution in [0.1, 0.15) is 5.69 Å². The molecule has 2 nitrogen and oxygen atoms in total. The van der Waals surface area contributed by atoms with Crippen molar-refractivity contribution in [3.8, 4) is 0 Å². The summed E-state index contributed by atoms with van der Waals surface area (Å²) in [6, 6.07) is 0. The number of nitrogens with two attached hydrogens (primary N) is 1. The topological polar surface area (TPSA) is 41.8 Å². The number of hydrogen-bond acceptors (Lipinski definition) is 2. The molecule has 1 aromatic rings. The van der Waals surface area contributed by atoms with Gasteiger partial charge in [0.05, 0.1) is 10.6 Å². The van der Waals surface area contributed by atoms with Gasteiger partial charge in [0, 0.05) is 6.20 Å². The number of halogens is 3. The Labute approximate surface area is 71.3 Å². The number of aromatic nitrogens is 1. The third-order valence-electron chi connectivity index (χ3n) is 1.35. The molecule has 1 aromatic heterocycles. The Balaban J connectivity index is 3.16. The van der Waals surface area contributed by atoms with Gasteiger partial charge in [0.25, 0.3) is 0 Å². The number of nitrogens with one attached hydrogen (secondary N) is 1. The van der Waals surface area contributed by atoms with Crippen LogP contribution in [0.3, 0.4) is 0 Å². The molecule has 1 rings (SSSR count). The van der Waals surface area contributed by atoms with Crippen molar-refractivity contribution in [3.05, 3.63) is 11.9 Å². The van der Waals surface area contributed by atoms with Crippen LogP contribution in [-0.2, 0) is 6.18 Å². The highest BCUT2D eigenvalue weighted by molar-refractivity contribution is 7.98. The van der Waals surface area contributed by atoms with Crippen LogP contribution in [0.25, 0.3) is 0 Å². The molecule has 0 aromatic carbocycles. The maximum atomic E-state index is 12.1. The lowest BCUT2D eigenvalue weighted by Gasteiger charge is -2.05. The number of alkyl halides is 3. The predicted molar refractivity (Wildman–Crippen MR) is 42.0 cm³/mol. The maximum Gasteiger partial charge on any atom is 0.432 e. The van der Waals surface area contributed by atoms with Gasteiger partial charge in [-0.3, -0.25) is 0 Å². The van der Waals surface area contributed by atoms with Crippen molar-refractivity contribution in [2.75, 3.05) is 12.0 Å². The van der Waals surface area contributed by atoms with Crippen molar-refractivity contribution >= 4 is 17.4 Å². The van der Waals surface area contributed by atoms with Crippen LogP contribution in [0.5, 0.6) is 0 Å². The van der Waals surface area contributed by atoms with Gasteiger partial charge in [-0.2, -0.15) is 13.2 Å². The minimum absolute atomic E-state index is 0.0579. The van der Waals surface area contributed by atoms with E-state index in [1.165, 1.54) is 0 Å². The Morgan fingerprint density at radius 2 is 2.08 bits per heavy atom.